The minimum absolute atomic E-state index is 0.0436. The van der Waals surface area contributed by atoms with E-state index in [9.17, 15) is 13.2 Å². The average Bonchev–Trinajstić information content (AvgIpc) is 3.13. The molecule has 2 heterocycles. The second-order valence-electron chi connectivity index (χ2n) is 6.87. The highest BCUT2D eigenvalue weighted by Crippen LogP contribution is 2.25. The first kappa shape index (κ1) is 19.5. The second-order valence-corrected chi connectivity index (χ2v) is 9.35. The molecule has 2 fully saturated rings. The smallest absolute Gasteiger partial charge is 0.241 e. The molecule has 144 valence electrons. The van der Waals surface area contributed by atoms with Crippen LogP contribution in [0.15, 0.2) is 24.3 Å². The van der Waals surface area contributed by atoms with Crippen molar-refractivity contribution < 1.29 is 13.2 Å². The van der Waals surface area contributed by atoms with E-state index in [4.69, 9.17) is 11.6 Å². The molecule has 1 amide bonds. The van der Waals surface area contributed by atoms with Gasteiger partial charge in [0.05, 0.1) is 5.75 Å². The summed E-state index contributed by atoms with van der Waals surface area (Å²) >= 11 is 5.94. The van der Waals surface area contributed by atoms with Gasteiger partial charge in [0.2, 0.25) is 15.9 Å². The van der Waals surface area contributed by atoms with Crippen molar-refractivity contribution in [2.75, 3.05) is 43.4 Å². The topological polar surface area (TPSA) is 60.9 Å². The summed E-state index contributed by atoms with van der Waals surface area (Å²) in [4.78, 5) is 17.0. The predicted octanol–water partition coefficient (Wildman–Crippen LogP) is 2.19. The lowest BCUT2D eigenvalue weighted by atomic mass is 10.1. The molecule has 0 bridgehead atoms. The van der Waals surface area contributed by atoms with Gasteiger partial charge in [-0.15, -0.1) is 0 Å². The molecule has 0 aromatic heterocycles. The molecule has 0 aliphatic carbocycles. The van der Waals surface area contributed by atoms with Gasteiger partial charge in [-0.1, -0.05) is 18.5 Å². The van der Waals surface area contributed by atoms with E-state index in [0.29, 0.717) is 37.5 Å². The third-order valence-electron chi connectivity index (χ3n) is 5.09. The summed E-state index contributed by atoms with van der Waals surface area (Å²) in [5.41, 5.74) is 1.09. The summed E-state index contributed by atoms with van der Waals surface area (Å²) in [6, 6.07) is 7.17. The number of carbonyl (C=O) groups excluding carboxylic acids is 1. The van der Waals surface area contributed by atoms with Gasteiger partial charge in [-0.25, -0.2) is 8.42 Å². The molecule has 3 rings (SSSR count). The third kappa shape index (κ3) is 4.15. The van der Waals surface area contributed by atoms with Gasteiger partial charge in [-0.2, -0.15) is 4.31 Å². The van der Waals surface area contributed by atoms with Crippen LogP contribution in [-0.4, -0.2) is 68.0 Å². The number of piperazine rings is 1. The molecule has 0 radical (unpaired) electrons. The number of sulfonamides is 1. The molecule has 6 nitrogen and oxygen atoms in total. The van der Waals surface area contributed by atoms with Gasteiger partial charge in [0.1, 0.15) is 6.04 Å². The normalized spacial score (nSPS) is 22.0. The molecule has 2 saturated heterocycles. The molecule has 26 heavy (non-hydrogen) atoms. The number of anilines is 1. The maximum absolute atomic E-state index is 12.9. The number of hydrogen-bond donors (Lipinski definition) is 0. The van der Waals surface area contributed by atoms with E-state index in [2.05, 4.69) is 4.90 Å². The van der Waals surface area contributed by atoms with E-state index in [0.717, 1.165) is 25.2 Å². The molecular weight excluding hydrogens is 374 g/mol. The van der Waals surface area contributed by atoms with E-state index in [1.165, 1.54) is 4.31 Å². The Bertz CT molecular complexity index is 731. The van der Waals surface area contributed by atoms with Gasteiger partial charge in [0.15, 0.2) is 0 Å². The maximum Gasteiger partial charge on any atom is 0.241 e. The summed E-state index contributed by atoms with van der Waals surface area (Å²) in [5, 5.41) is 0.706. The largest absolute Gasteiger partial charge is 0.368 e. The van der Waals surface area contributed by atoms with E-state index >= 15 is 0 Å². The molecule has 0 saturated carbocycles. The van der Waals surface area contributed by atoms with Gasteiger partial charge >= 0.3 is 0 Å². The number of benzene rings is 1. The molecule has 0 spiro atoms. The highest BCUT2D eigenvalue weighted by Gasteiger charge is 2.40. The Morgan fingerprint density at radius 1 is 1.12 bits per heavy atom. The number of amides is 1. The number of hydrogen-bond acceptors (Lipinski definition) is 4. The van der Waals surface area contributed by atoms with E-state index in [-0.39, 0.29) is 11.7 Å². The molecule has 1 aromatic carbocycles. The van der Waals surface area contributed by atoms with Crippen molar-refractivity contribution in [3.05, 3.63) is 29.3 Å². The van der Waals surface area contributed by atoms with Crippen LogP contribution in [0.4, 0.5) is 5.69 Å². The fourth-order valence-corrected chi connectivity index (χ4v) is 5.61. The van der Waals surface area contributed by atoms with Crippen molar-refractivity contribution in [3.8, 4) is 0 Å². The van der Waals surface area contributed by atoms with Gasteiger partial charge < -0.3 is 9.80 Å². The first-order valence-electron chi connectivity index (χ1n) is 9.21. The number of halogens is 1. The standard InChI is InChI=1S/C18H26ClN3O3S/c1-2-14-26(24,25)22-9-3-4-17(22)18(23)21-12-10-20(11-13-21)16-7-5-15(19)6-8-16/h5-8,17H,2-4,9-14H2,1H3/t17-/m0/s1. The number of nitrogens with zero attached hydrogens (tertiary/aromatic N) is 3. The van der Waals surface area contributed by atoms with Crippen LogP contribution in [0.2, 0.25) is 5.02 Å². The highest BCUT2D eigenvalue weighted by atomic mass is 35.5. The Morgan fingerprint density at radius 2 is 1.77 bits per heavy atom. The summed E-state index contributed by atoms with van der Waals surface area (Å²) in [5.74, 6) is 0.0686. The first-order chi connectivity index (χ1) is 12.4. The second kappa shape index (κ2) is 8.15. The molecule has 1 aromatic rings. The Morgan fingerprint density at radius 3 is 2.38 bits per heavy atom. The fraction of sp³-hybridized carbons (Fsp3) is 0.611. The monoisotopic (exact) mass is 399 g/mol. The van der Waals surface area contributed by atoms with Gasteiger partial charge in [0.25, 0.3) is 0 Å². The predicted molar refractivity (Wildman–Crippen MR) is 104 cm³/mol. The van der Waals surface area contributed by atoms with Crippen molar-refractivity contribution in [2.24, 2.45) is 0 Å². The SMILES string of the molecule is CCCS(=O)(=O)N1CCC[C@H]1C(=O)N1CCN(c2ccc(Cl)cc2)CC1. The van der Waals surface area contributed by atoms with Crippen molar-refractivity contribution in [1.29, 1.82) is 0 Å². The van der Waals surface area contributed by atoms with E-state index in [1.807, 2.05) is 36.1 Å². The summed E-state index contributed by atoms with van der Waals surface area (Å²) in [7, 11) is -3.34. The lowest BCUT2D eigenvalue weighted by molar-refractivity contribution is -0.134. The first-order valence-corrected chi connectivity index (χ1v) is 11.2. The van der Waals surface area contributed by atoms with Crippen LogP contribution in [0.5, 0.6) is 0 Å². The Labute approximate surface area is 160 Å². The third-order valence-corrected chi connectivity index (χ3v) is 7.42. The van der Waals surface area contributed by atoms with Crippen molar-refractivity contribution >= 4 is 33.2 Å². The van der Waals surface area contributed by atoms with Gasteiger partial charge in [-0.3, -0.25) is 4.79 Å². The fourth-order valence-electron chi connectivity index (χ4n) is 3.74. The van der Waals surface area contributed by atoms with Crippen LogP contribution in [0, 0.1) is 0 Å². The van der Waals surface area contributed by atoms with Gasteiger partial charge in [-0.05, 0) is 43.5 Å². The van der Waals surface area contributed by atoms with Crippen molar-refractivity contribution in [1.82, 2.24) is 9.21 Å². The minimum atomic E-state index is -3.34. The molecule has 2 aliphatic heterocycles. The van der Waals surface area contributed by atoms with Crippen LogP contribution < -0.4 is 4.90 Å². The Balaban J connectivity index is 1.62. The summed E-state index contributed by atoms with van der Waals surface area (Å²) in [6.45, 7) is 5.01. The number of rotatable bonds is 5. The van der Waals surface area contributed by atoms with Crippen molar-refractivity contribution in [2.45, 2.75) is 32.2 Å². The average molecular weight is 400 g/mol. The highest BCUT2D eigenvalue weighted by molar-refractivity contribution is 7.89. The summed E-state index contributed by atoms with van der Waals surface area (Å²) in [6.07, 6.45) is 1.95. The molecule has 1 atom stereocenters. The zero-order valence-corrected chi connectivity index (χ0v) is 16.7. The van der Waals surface area contributed by atoms with Crippen molar-refractivity contribution in [3.63, 3.8) is 0 Å². The van der Waals surface area contributed by atoms with E-state index in [1.54, 1.807) is 0 Å². The molecule has 2 aliphatic rings. The molecule has 0 N–H and O–H groups in total. The Kier molecular flexibility index (Phi) is 6.10. The Hall–Kier alpha value is -1.31. The van der Waals surface area contributed by atoms with Crippen LogP contribution >= 0.6 is 11.6 Å². The van der Waals surface area contributed by atoms with Crippen LogP contribution in [0.25, 0.3) is 0 Å². The molecular formula is C18H26ClN3O3S. The lowest BCUT2D eigenvalue weighted by Gasteiger charge is -2.38. The van der Waals surface area contributed by atoms with E-state index < -0.39 is 16.1 Å². The van der Waals surface area contributed by atoms with Crippen LogP contribution in [-0.2, 0) is 14.8 Å². The quantitative estimate of drug-likeness (QED) is 0.761. The van der Waals surface area contributed by atoms with Crippen LogP contribution in [0.1, 0.15) is 26.2 Å². The van der Waals surface area contributed by atoms with Gasteiger partial charge in [0, 0.05) is 43.4 Å². The zero-order valence-electron chi connectivity index (χ0n) is 15.1. The minimum Gasteiger partial charge on any atom is -0.368 e. The number of carbonyl (C=O) groups is 1. The summed E-state index contributed by atoms with van der Waals surface area (Å²) < 4.78 is 26.3. The lowest BCUT2D eigenvalue weighted by Crippen LogP contribution is -2.54. The van der Waals surface area contributed by atoms with Crippen LogP contribution in [0.3, 0.4) is 0 Å². The maximum atomic E-state index is 12.9. The molecule has 0 unspecified atom stereocenters. The molecule has 8 heteroatoms. The zero-order chi connectivity index (χ0) is 18.7.